The third-order valence-corrected chi connectivity index (χ3v) is 2.30. The molecule has 2 aromatic rings. The van der Waals surface area contributed by atoms with E-state index in [-0.39, 0.29) is 6.54 Å². The van der Waals surface area contributed by atoms with E-state index < -0.39 is 0 Å². The van der Waals surface area contributed by atoms with Crippen LogP contribution in [0.15, 0.2) is 24.7 Å². The Kier molecular flexibility index (Phi) is 3.05. The van der Waals surface area contributed by atoms with E-state index in [1.165, 1.54) is 0 Å². The molecular formula is C11H12N4O. The van der Waals surface area contributed by atoms with Crippen LogP contribution in [0.3, 0.4) is 0 Å². The molecule has 0 saturated heterocycles. The SMILES string of the molecule is CCc1cc(-c2cnccn2)nn1CC=O. The summed E-state index contributed by atoms with van der Waals surface area (Å²) in [5.74, 6) is 0. The van der Waals surface area contributed by atoms with E-state index in [2.05, 4.69) is 15.1 Å². The van der Waals surface area contributed by atoms with Gasteiger partial charge in [0.1, 0.15) is 17.7 Å². The van der Waals surface area contributed by atoms with E-state index in [1.54, 1.807) is 23.3 Å². The lowest BCUT2D eigenvalue weighted by atomic mass is 10.2. The molecule has 5 heteroatoms. The largest absolute Gasteiger partial charge is 0.301 e. The fourth-order valence-corrected chi connectivity index (χ4v) is 1.53. The summed E-state index contributed by atoms with van der Waals surface area (Å²) in [6.45, 7) is 2.31. The van der Waals surface area contributed by atoms with E-state index in [9.17, 15) is 4.79 Å². The molecule has 0 atom stereocenters. The average molecular weight is 216 g/mol. The van der Waals surface area contributed by atoms with Gasteiger partial charge in [-0.1, -0.05) is 6.92 Å². The lowest BCUT2D eigenvalue weighted by molar-refractivity contribution is -0.108. The Morgan fingerprint density at radius 3 is 2.88 bits per heavy atom. The Morgan fingerprint density at radius 2 is 2.25 bits per heavy atom. The number of rotatable bonds is 4. The van der Waals surface area contributed by atoms with Crippen LogP contribution in [-0.2, 0) is 17.8 Å². The van der Waals surface area contributed by atoms with Crippen molar-refractivity contribution in [2.75, 3.05) is 0 Å². The van der Waals surface area contributed by atoms with Gasteiger partial charge in [0.15, 0.2) is 0 Å². The van der Waals surface area contributed by atoms with Crippen molar-refractivity contribution in [1.82, 2.24) is 19.7 Å². The molecule has 0 fully saturated rings. The van der Waals surface area contributed by atoms with Gasteiger partial charge in [-0.3, -0.25) is 14.6 Å². The molecule has 16 heavy (non-hydrogen) atoms. The first-order valence-corrected chi connectivity index (χ1v) is 5.12. The summed E-state index contributed by atoms with van der Waals surface area (Å²) in [5, 5.41) is 4.32. The molecule has 0 aromatic carbocycles. The molecule has 0 radical (unpaired) electrons. The molecule has 82 valence electrons. The van der Waals surface area contributed by atoms with Crippen LogP contribution in [0.5, 0.6) is 0 Å². The van der Waals surface area contributed by atoms with E-state index in [0.717, 1.165) is 29.8 Å². The van der Waals surface area contributed by atoms with Crippen molar-refractivity contribution in [3.63, 3.8) is 0 Å². The molecule has 0 spiro atoms. The molecule has 0 bridgehead atoms. The second-order valence-corrected chi connectivity index (χ2v) is 3.31. The molecule has 0 aliphatic carbocycles. The lowest BCUT2D eigenvalue weighted by Crippen LogP contribution is -2.05. The van der Waals surface area contributed by atoms with Crippen molar-refractivity contribution >= 4 is 6.29 Å². The first-order valence-electron chi connectivity index (χ1n) is 5.12. The Hall–Kier alpha value is -2.04. The number of carbonyl (C=O) groups is 1. The van der Waals surface area contributed by atoms with Gasteiger partial charge in [0, 0.05) is 18.1 Å². The van der Waals surface area contributed by atoms with Crippen LogP contribution in [0.2, 0.25) is 0 Å². The number of aldehydes is 1. The summed E-state index contributed by atoms with van der Waals surface area (Å²) in [6, 6.07) is 1.94. The minimum Gasteiger partial charge on any atom is -0.301 e. The molecule has 2 heterocycles. The topological polar surface area (TPSA) is 60.7 Å². The highest BCUT2D eigenvalue weighted by atomic mass is 16.1. The van der Waals surface area contributed by atoms with Gasteiger partial charge in [0.25, 0.3) is 0 Å². The maximum atomic E-state index is 10.5. The molecule has 0 aliphatic heterocycles. The van der Waals surface area contributed by atoms with Crippen LogP contribution in [0.1, 0.15) is 12.6 Å². The predicted molar refractivity (Wildman–Crippen MR) is 58.7 cm³/mol. The van der Waals surface area contributed by atoms with Gasteiger partial charge in [-0.2, -0.15) is 5.10 Å². The van der Waals surface area contributed by atoms with E-state index in [4.69, 9.17) is 0 Å². The van der Waals surface area contributed by atoms with E-state index in [0.29, 0.717) is 0 Å². The Labute approximate surface area is 93.2 Å². The van der Waals surface area contributed by atoms with Crippen LogP contribution in [0.25, 0.3) is 11.4 Å². The van der Waals surface area contributed by atoms with Crippen molar-refractivity contribution < 1.29 is 4.79 Å². The molecule has 0 unspecified atom stereocenters. The van der Waals surface area contributed by atoms with E-state index in [1.807, 2.05) is 13.0 Å². The number of aryl methyl sites for hydroxylation is 1. The summed E-state index contributed by atoms with van der Waals surface area (Å²) >= 11 is 0. The van der Waals surface area contributed by atoms with Crippen LogP contribution < -0.4 is 0 Å². The fourth-order valence-electron chi connectivity index (χ4n) is 1.53. The summed E-state index contributed by atoms with van der Waals surface area (Å²) in [7, 11) is 0. The number of nitrogens with zero attached hydrogens (tertiary/aromatic N) is 4. The average Bonchev–Trinajstić information content (AvgIpc) is 2.74. The maximum absolute atomic E-state index is 10.5. The van der Waals surface area contributed by atoms with Crippen molar-refractivity contribution in [3.8, 4) is 11.4 Å². The summed E-state index contributed by atoms with van der Waals surface area (Å²) in [5.41, 5.74) is 2.50. The molecule has 0 amide bonds. The third kappa shape index (κ3) is 1.98. The highest BCUT2D eigenvalue weighted by Crippen LogP contribution is 2.15. The normalized spacial score (nSPS) is 10.3. The number of hydrogen-bond donors (Lipinski definition) is 0. The van der Waals surface area contributed by atoms with E-state index >= 15 is 0 Å². The summed E-state index contributed by atoms with van der Waals surface area (Å²) in [6.07, 6.45) is 6.58. The van der Waals surface area contributed by atoms with Crippen molar-refractivity contribution in [2.45, 2.75) is 19.9 Å². The van der Waals surface area contributed by atoms with Gasteiger partial charge in [0.2, 0.25) is 0 Å². The second kappa shape index (κ2) is 4.65. The number of carbonyl (C=O) groups excluding carboxylic acids is 1. The minimum atomic E-state index is 0.281. The van der Waals surface area contributed by atoms with Crippen molar-refractivity contribution in [3.05, 3.63) is 30.4 Å². The van der Waals surface area contributed by atoms with Gasteiger partial charge in [0.05, 0.1) is 12.7 Å². The first-order chi connectivity index (χ1) is 7.85. The van der Waals surface area contributed by atoms with Gasteiger partial charge < -0.3 is 4.79 Å². The standard InChI is InChI=1S/C11H12N4O/c1-2-9-7-10(14-15(9)5-6-16)11-8-12-3-4-13-11/h3-4,6-8H,2,5H2,1H3. The van der Waals surface area contributed by atoms with Gasteiger partial charge in [-0.05, 0) is 12.5 Å². The zero-order chi connectivity index (χ0) is 11.4. The van der Waals surface area contributed by atoms with Crippen LogP contribution in [-0.4, -0.2) is 26.0 Å². The predicted octanol–water partition coefficient (Wildman–Crippen LogP) is 1.10. The molecule has 5 nitrogen and oxygen atoms in total. The fraction of sp³-hybridized carbons (Fsp3) is 0.273. The maximum Gasteiger partial charge on any atom is 0.141 e. The number of aromatic nitrogens is 4. The highest BCUT2D eigenvalue weighted by Gasteiger charge is 2.08. The van der Waals surface area contributed by atoms with Gasteiger partial charge >= 0.3 is 0 Å². The lowest BCUT2D eigenvalue weighted by Gasteiger charge is -1.98. The molecule has 0 aliphatic rings. The monoisotopic (exact) mass is 216 g/mol. The summed E-state index contributed by atoms with van der Waals surface area (Å²) < 4.78 is 1.69. The Morgan fingerprint density at radius 1 is 1.38 bits per heavy atom. The van der Waals surface area contributed by atoms with Crippen molar-refractivity contribution in [2.24, 2.45) is 0 Å². The summed E-state index contributed by atoms with van der Waals surface area (Å²) in [4.78, 5) is 18.7. The molecular weight excluding hydrogens is 204 g/mol. The van der Waals surface area contributed by atoms with Crippen LogP contribution >= 0.6 is 0 Å². The minimum absolute atomic E-state index is 0.281. The van der Waals surface area contributed by atoms with Crippen LogP contribution in [0, 0.1) is 0 Å². The molecule has 0 N–H and O–H groups in total. The number of hydrogen-bond acceptors (Lipinski definition) is 4. The Balaban J connectivity index is 2.39. The molecule has 2 aromatic heterocycles. The smallest absolute Gasteiger partial charge is 0.141 e. The van der Waals surface area contributed by atoms with Gasteiger partial charge in [-0.25, -0.2) is 0 Å². The van der Waals surface area contributed by atoms with Crippen LogP contribution in [0.4, 0.5) is 0 Å². The molecule has 2 rings (SSSR count). The van der Waals surface area contributed by atoms with Gasteiger partial charge in [-0.15, -0.1) is 0 Å². The molecule has 0 saturated carbocycles. The zero-order valence-electron chi connectivity index (χ0n) is 9.00. The zero-order valence-corrected chi connectivity index (χ0v) is 9.00. The third-order valence-electron chi connectivity index (χ3n) is 2.30. The highest BCUT2D eigenvalue weighted by molar-refractivity contribution is 5.54. The first kappa shape index (κ1) is 10.5. The quantitative estimate of drug-likeness (QED) is 0.718. The second-order valence-electron chi connectivity index (χ2n) is 3.31. The van der Waals surface area contributed by atoms with Crippen molar-refractivity contribution in [1.29, 1.82) is 0 Å². The Bertz CT molecular complexity index is 478.